The van der Waals surface area contributed by atoms with Gasteiger partial charge in [0, 0.05) is 11.8 Å². The zero-order chi connectivity index (χ0) is 17.8. The summed E-state index contributed by atoms with van der Waals surface area (Å²) in [7, 11) is 0. The zero-order valence-corrected chi connectivity index (χ0v) is 15.2. The molecule has 0 saturated heterocycles. The fourth-order valence-corrected chi connectivity index (χ4v) is 3.87. The van der Waals surface area contributed by atoms with Crippen molar-refractivity contribution in [2.45, 2.75) is 56.2 Å². The number of anilines is 1. The summed E-state index contributed by atoms with van der Waals surface area (Å²) in [6.07, 6.45) is 4.81. The van der Waals surface area contributed by atoms with Crippen molar-refractivity contribution in [1.29, 1.82) is 5.26 Å². The van der Waals surface area contributed by atoms with Gasteiger partial charge in [-0.15, -0.1) is 0 Å². The molecule has 0 fully saturated rings. The van der Waals surface area contributed by atoms with E-state index in [0.717, 1.165) is 31.4 Å². The number of aromatic nitrogens is 2. The van der Waals surface area contributed by atoms with Gasteiger partial charge in [0.2, 0.25) is 5.91 Å². The second kappa shape index (κ2) is 7.70. The van der Waals surface area contributed by atoms with Crippen molar-refractivity contribution in [3.63, 3.8) is 0 Å². The highest BCUT2D eigenvalue weighted by molar-refractivity contribution is 8.00. The van der Waals surface area contributed by atoms with Crippen LogP contribution >= 0.6 is 11.8 Å². The maximum atomic E-state index is 12.5. The Morgan fingerprint density at radius 2 is 2.24 bits per heavy atom. The topological polar surface area (TPSA) is 91.8 Å². The Kier molecular flexibility index (Phi) is 5.39. The summed E-state index contributed by atoms with van der Waals surface area (Å²) >= 11 is 1.34. The molecule has 6 nitrogen and oxygen atoms in total. The second-order valence-corrected chi connectivity index (χ2v) is 7.28. The van der Waals surface area contributed by atoms with E-state index in [4.69, 9.17) is 9.51 Å². The van der Waals surface area contributed by atoms with E-state index >= 15 is 0 Å². The first-order chi connectivity index (χ1) is 12.1. The number of rotatable bonds is 5. The molecule has 2 aromatic heterocycles. The molecule has 0 bridgehead atoms. The minimum atomic E-state index is -0.349. The minimum Gasteiger partial charge on any atom is -0.360 e. The van der Waals surface area contributed by atoms with E-state index in [2.05, 4.69) is 16.5 Å². The van der Waals surface area contributed by atoms with E-state index in [-0.39, 0.29) is 11.2 Å². The van der Waals surface area contributed by atoms with Crippen LogP contribution in [0.1, 0.15) is 48.8 Å². The van der Waals surface area contributed by atoms with Crippen molar-refractivity contribution in [3.05, 3.63) is 34.7 Å². The molecule has 1 unspecified atom stereocenters. The Hall–Kier alpha value is -2.33. The average Bonchev–Trinajstić information content (AvgIpc) is 3.03. The molecule has 3 rings (SSSR count). The van der Waals surface area contributed by atoms with Crippen LogP contribution in [0.3, 0.4) is 0 Å². The summed E-state index contributed by atoms with van der Waals surface area (Å²) in [5.41, 5.74) is 2.78. The van der Waals surface area contributed by atoms with Crippen molar-refractivity contribution < 1.29 is 9.32 Å². The Balaban J connectivity index is 1.79. The van der Waals surface area contributed by atoms with Crippen LogP contribution in [0.25, 0.3) is 0 Å². The molecule has 25 heavy (non-hydrogen) atoms. The number of carbonyl (C=O) groups is 1. The van der Waals surface area contributed by atoms with Gasteiger partial charge in [0.25, 0.3) is 0 Å². The number of hydrogen-bond donors (Lipinski definition) is 1. The molecule has 1 aliphatic rings. The van der Waals surface area contributed by atoms with Gasteiger partial charge in [-0.2, -0.15) is 5.26 Å². The third kappa shape index (κ3) is 4.02. The third-order valence-electron chi connectivity index (χ3n) is 4.18. The summed E-state index contributed by atoms with van der Waals surface area (Å²) in [6.45, 7) is 3.71. The number of nitrogens with zero attached hydrogens (tertiary/aromatic N) is 3. The number of nitriles is 1. The lowest BCUT2D eigenvalue weighted by atomic mass is 9.95. The number of pyridine rings is 1. The van der Waals surface area contributed by atoms with E-state index < -0.39 is 0 Å². The number of thioether (sulfide) groups is 1. The maximum absolute atomic E-state index is 12.5. The molecule has 1 N–H and O–H groups in total. The van der Waals surface area contributed by atoms with Crippen LogP contribution in [0, 0.1) is 18.3 Å². The Bertz CT molecular complexity index is 825. The zero-order valence-electron chi connectivity index (χ0n) is 14.3. The van der Waals surface area contributed by atoms with Crippen LogP contribution < -0.4 is 5.32 Å². The smallest absolute Gasteiger partial charge is 0.239 e. The molecule has 0 aliphatic heterocycles. The number of hydrogen-bond acceptors (Lipinski definition) is 6. The third-order valence-corrected chi connectivity index (χ3v) is 5.55. The lowest BCUT2D eigenvalue weighted by molar-refractivity contribution is -0.115. The Morgan fingerprint density at radius 3 is 2.92 bits per heavy atom. The first kappa shape index (κ1) is 17.5. The van der Waals surface area contributed by atoms with Crippen LogP contribution in [0.5, 0.6) is 0 Å². The number of carbonyl (C=O) groups excluding carboxylic acids is 1. The van der Waals surface area contributed by atoms with Gasteiger partial charge in [-0.3, -0.25) is 4.79 Å². The number of fused-ring (bicyclic) bond motifs is 1. The average molecular weight is 356 g/mol. The summed E-state index contributed by atoms with van der Waals surface area (Å²) in [4.78, 5) is 17.2. The molecule has 0 spiro atoms. The lowest BCUT2D eigenvalue weighted by Crippen LogP contribution is -2.25. The summed E-state index contributed by atoms with van der Waals surface area (Å²) in [5, 5.41) is 16.3. The van der Waals surface area contributed by atoms with E-state index in [9.17, 15) is 10.1 Å². The highest BCUT2D eigenvalue weighted by Crippen LogP contribution is 2.31. The molecule has 0 radical (unpaired) electrons. The molecule has 1 atom stereocenters. The van der Waals surface area contributed by atoms with E-state index in [0.29, 0.717) is 28.6 Å². The van der Waals surface area contributed by atoms with Gasteiger partial charge >= 0.3 is 0 Å². The summed E-state index contributed by atoms with van der Waals surface area (Å²) in [6, 6.07) is 5.84. The molecule has 2 heterocycles. The van der Waals surface area contributed by atoms with E-state index in [1.165, 1.54) is 17.3 Å². The normalized spacial score (nSPS) is 14.4. The molecule has 1 aliphatic carbocycles. The largest absolute Gasteiger partial charge is 0.360 e. The van der Waals surface area contributed by atoms with Crippen LogP contribution in [-0.2, 0) is 17.6 Å². The second-order valence-electron chi connectivity index (χ2n) is 6.09. The first-order valence-electron chi connectivity index (χ1n) is 8.44. The van der Waals surface area contributed by atoms with Gasteiger partial charge in [-0.1, -0.05) is 23.8 Å². The standard InChI is InChI=1S/C18H20N4O2S/c1-3-15(17(23)21-16-8-11(2)24-22-16)25-18-13(10-19)9-12-6-4-5-7-14(12)20-18/h8-9,15H,3-7H2,1-2H3,(H,21,22,23). The predicted molar refractivity (Wildman–Crippen MR) is 95.4 cm³/mol. The van der Waals surface area contributed by atoms with Crippen molar-refractivity contribution >= 4 is 23.5 Å². The van der Waals surface area contributed by atoms with Crippen molar-refractivity contribution in [2.24, 2.45) is 0 Å². The van der Waals surface area contributed by atoms with Gasteiger partial charge in [-0.05, 0) is 50.7 Å². The summed E-state index contributed by atoms with van der Waals surface area (Å²) < 4.78 is 4.97. The molecule has 1 amide bonds. The van der Waals surface area contributed by atoms with Gasteiger partial charge in [0.05, 0.1) is 10.8 Å². The quantitative estimate of drug-likeness (QED) is 0.822. The van der Waals surface area contributed by atoms with Gasteiger partial charge in [0.15, 0.2) is 5.82 Å². The maximum Gasteiger partial charge on any atom is 0.239 e. The molecule has 7 heteroatoms. The molecular formula is C18H20N4O2S. The van der Waals surface area contributed by atoms with Crippen molar-refractivity contribution in [2.75, 3.05) is 5.32 Å². The van der Waals surface area contributed by atoms with Gasteiger partial charge in [-0.25, -0.2) is 4.98 Å². The highest BCUT2D eigenvalue weighted by atomic mass is 32.2. The monoisotopic (exact) mass is 356 g/mol. The minimum absolute atomic E-state index is 0.163. The van der Waals surface area contributed by atoms with E-state index in [1.807, 2.05) is 13.0 Å². The fourth-order valence-electron chi connectivity index (χ4n) is 2.87. The Labute approximate surface area is 151 Å². The number of nitrogens with one attached hydrogen (secondary N) is 1. The molecule has 0 aromatic carbocycles. The van der Waals surface area contributed by atoms with Crippen LogP contribution in [0.4, 0.5) is 5.82 Å². The lowest BCUT2D eigenvalue weighted by Gasteiger charge is -2.18. The molecule has 0 saturated carbocycles. The van der Waals surface area contributed by atoms with Crippen LogP contribution in [0.15, 0.2) is 21.7 Å². The molecule has 2 aromatic rings. The van der Waals surface area contributed by atoms with E-state index in [1.54, 1.807) is 13.0 Å². The summed E-state index contributed by atoms with van der Waals surface area (Å²) in [5.74, 6) is 0.879. The van der Waals surface area contributed by atoms with Crippen molar-refractivity contribution in [1.82, 2.24) is 10.1 Å². The number of aryl methyl sites for hydroxylation is 3. The first-order valence-corrected chi connectivity index (χ1v) is 9.32. The highest BCUT2D eigenvalue weighted by Gasteiger charge is 2.23. The fraction of sp³-hybridized carbons (Fsp3) is 0.444. The van der Waals surface area contributed by atoms with Crippen molar-refractivity contribution in [3.8, 4) is 6.07 Å². The van der Waals surface area contributed by atoms with Crippen LogP contribution in [-0.4, -0.2) is 21.3 Å². The van der Waals surface area contributed by atoms with Gasteiger partial charge in [0.1, 0.15) is 16.9 Å². The molecular weight excluding hydrogens is 336 g/mol. The Morgan fingerprint density at radius 1 is 1.44 bits per heavy atom. The number of amides is 1. The predicted octanol–water partition coefficient (Wildman–Crippen LogP) is 3.64. The SMILES string of the molecule is CCC(Sc1nc2c(cc1C#N)CCCC2)C(=O)Nc1cc(C)on1. The molecule has 130 valence electrons. The van der Waals surface area contributed by atoms with Crippen LogP contribution in [0.2, 0.25) is 0 Å². The van der Waals surface area contributed by atoms with Gasteiger partial charge < -0.3 is 9.84 Å².